The fraction of sp³-hybridized carbons (Fsp3) is 0.227. The van der Waals surface area contributed by atoms with E-state index in [9.17, 15) is 4.39 Å². The first-order chi connectivity index (χ1) is 13.7. The molecule has 0 bridgehead atoms. The number of nitrogens with zero attached hydrogens (tertiary/aromatic N) is 2. The number of hydrogen-bond acceptors (Lipinski definition) is 4. The third-order valence-corrected chi connectivity index (χ3v) is 4.87. The molecule has 0 spiro atoms. The standard InChI is InChI=1S/C22H21FN2O3/c1-26-19-11-14(12-20(27-2)22(19)28-3)21-18-10-15(13-25(18)9-8-24-21)16-6-4-5-7-17(16)23/h4-7,10-13H,8-9H2,1-3H3. The lowest BCUT2D eigenvalue weighted by Gasteiger charge is -2.19. The Kier molecular flexibility index (Phi) is 4.77. The molecule has 0 saturated heterocycles. The highest BCUT2D eigenvalue weighted by atomic mass is 19.1. The van der Waals surface area contributed by atoms with Crippen molar-refractivity contribution in [1.82, 2.24) is 4.57 Å². The number of fused-ring (bicyclic) bond motifs is 1. The molecule has 144 valence electrons. The second-order valence-corrected chi connectivity index (χ2v) is 6.43. The van der Waals surface area contributed by atoms with E-state index in [0.717, 1.165) is 29.1 Å². The zero-order chi connectivity index (χ0) is 19.7. The lowest BCUT2D eigenvalue weighted by molar-refractivity contribution is 0.324. The first kappa shape index (κ1) is 18.1. The molecule has 0 fully saturated rings. The summed E-state index contributed by atoms with van der Waals surface area (Å²) >= 11 is 0. The number of aliphatic imine (C=N–C) groups is 1. The van der Waals surface area contributed by atoms with Crippen LogP contribution in [-0.4, -0.2) is 38.2 Å². The van der Waals surface area contributed by atoms with Gasteiger partial charge in [0, 0.05) is 29.4 Å². The Balaban J connectivity index is 1.82. The maximum absolute atomic E-state index is 14.3. The van der Waals surface area contributed by atoms with Gasteiger partial charge >= 0.3 is 0 Å². The highest BCUT2D eigenvalue weighted by Gasteiger charge is 2.22. The van der Waals surface area contributed by atoms with Crippen LogP contribution in [0.5, 0.6) is 17.2 Å². The molecule has 3 aromatic rings. The highest BCUT2D eigenvalue weighted by Crippen LogP contribution is 2.39. The van der Waals surface area contributed by atoms with Crippen LogP contribution in [-0.2, 0) is 6.54 Å². The minimum atomic E-state index is -0.239. The van der Waals surface area contributed by atoms with Crippen molar-refractivity contribution in [2.24, 2.45) is 4.99 Å². The molecule has 1 aromatic heterocycles. The summed E-state index contributed by atoms with van der Waals surface area (Å²) in [6.07, 6.45) is 1.97. The largest absolute Gasteiger partial charge is 0.493 e. The van der Waals surface area contributed by atoms with Crippen molar-refractivity contribution < 1.29 is 18.6 Å². The Morgan fingerprint density at radius 1 is 0.929 bits per heavy atom. The third-order valence-electron chi connectivity index (χ3n) is 4.87. The minimum Gasteiger partial charge on any atom is -0.493 e. The molecule has 0 atom stereocenters. The van der Waals surface area contributed by atoms with Gasteiger partial charge in [0.1, 0.15) is 5.82 Å². The zero-order valence-electron chi connectivity index (χ0n) is 16.0. The van der Waals surface area contributed by atoms with Crippen LogP contribution in [0, 0.1) is 5.82 Å². The molecule has 0 N–H and O–H groups in total. The molecule has 28 heavy (non-hydrogen) atoms. The average Bonchev–Trinajstić information content (AvgIpc) is 3.17. The Morgan fingerprint density at radius 2 is 1.64 bits per heavy atom. The Morgan fingerprint density at radius 3 is 2.29 bits per heavy atom. The molecule has 2 aromatic carbocycles. The number of aromatic nitrogens is 1. The van der Waals surface area contributed by atoms with Crippen molar-refractivity contribution in [3.05, 3.63) is 65.7 Å². The average molecular weight is 380 g/mol. The minimum absolute atomic E-state index is 0.239. The van der Waals surface area contributed by atoms with E-state index in [0.29, 0.717) is 29.4 Å². The lowest BCUT2D eigenvalue weighted by Crippen LogP contribution is -2.18. The molecule has 2 heterocycles. The van der Waals surface area contributed by atoms with Gasteiger partial charge in [-0.2, -0.15) is 0 Å². The van der Waals surface area contributed by atoms with Crippen LogP contribution in [0.15, 0.2) is 53.7 Å². The van der Waals surface area contributed by atoms with Crippen molar-refractivity contribution in [2.45, 2.75) is 6.54 Å². The number of rotatable bonds is 5. The molecular formula is C22H21FN2O3. The maximum Gasteiger partial charge on any atom is 0.203 e. The summed E-state index contributed by atoms with van der Waals surface area (Å²) < 4.78 is 32.7. The molecule has 6 heteroatoms. The fourth-order valence-electron chi connectivity index (χ4n) is 3.54. The topological polar surface area (TPSA) is 45.0 Å². The summed E-state index contributed by atoms with van der Waals surface area (Å²) in [7, 11) is 4.75. The smallest absolute Gasteiger partial charge is 0.203 e. The summed E-state index contributed by atoms with van der Waals surface area (Å²) in [4.78, 5) is 4.73. The number of methoxy groups -OCH3 is 3. The van der Waals surface area contributed by atoms with Crippen LogP contribution in [0.1, 0.15) is 11.3 Å². The first-order valence-electron chi connectivity index (χ1n) is 8.96. The van der Waals surface area contributed by atoms with E-state index in [2.05, 4.69) is 4.57 Å². The van der Waals surface area contributed by atoms with Gasteiger partial charge in [-0.15, -0.1) is 0 Å². The number of benzene rings is 2. The Hall–Kier alpha value is -3.28. The van der Waals surface area contributed by atoms with Gasteiger partial charge in [0.2, 0.25) is 5.75 Å². The van der Waals surface area contributed by atoms with E-state index < -0.39 is 0 Å². The number of ether oxygens (including phenoxy) is 3. The van der Waals surface area contributed by atoms with Crippen LogP contribution in [0.25, 0.3) is 11.1 Å². The molecule has 1 aliphatic heterocycles. The van der Waals surface area contributed by atoms with Crippen molar-refractivity contribution in [3.63, 3.8) is 0 Å². The van der Waals surface area contributed by atoms with E-state index in [1.54, 1.807) is 33.5 Å². The summed E-state index contributed by atoms with van der Waals surface area (Å²) in [5.74, 6) is 1.43. The summed E-state index contributed by atoms with van der Waals surface area (Å²) in [6.45, 7) is 1.39. The van der Waals surface area contributed by atoms with Crippen molar-refractivity contribution in [1.29, 1.82) is 0 Å². The van der Waals surface area contributed by atoms with Gasteiger partial charge in [0.05, 0.1) is 39.3 Å². The summed E-state index contributed by atoms with van der Waals surface area (Å²) in [5.41, 5.74) is 4.00. The van der Waals surface area contributed by atoms with Gasteiger partial charge in [0.15, 0.2) is 11.5 Å². The predicted molar refractivity (Wildman–Crippen MR) is 106 cm³/mol. The van der Waals surface area contributed by atoms with Crippen LogP contribution in [0.3, 0.4) is 0 Å². The summed E-state index contributed by atoms with van der Waals surface area (Å²) in [5, 5.41) is 0. The van der Waals surface area contributed by atoms with E-state index in [1.165, 1.54) is 6.07 Å². The van der Waals surface area contributed by atoms with Crippen molar-refractivity contribution in [2.75, 3.05) is 27.9 Å². The molecule has 1 aliphatic rings. The maximum atomic E-state index is 14.3. The molecule has 0 unspecified atom stereocenters. The van der Waals surface area contributed by atoms with E-state index in [4.69, 9.17) is 19.2 Å². The van der Waals surface area contributed by atoms with Gasteiger partial charge in [-0.1, -0.05) is 18.2 Å². The van der Waals surface area contributed by atoms with Crippen LogP contribution in [0.2, 0.25) is 0 Å². The van der Waals surface area contributed by atoms with Crippen molar-refractivity contribution in [3.8, 4) is 28.4 Å². The zero-order valence-corrected chi connectivity index (χ0v) is 16.0. The molecule has 0 radical (unpaired) electrons. The predicted octanol–water partition coefficient (Wildman–Crippen LogP) is 4.17. The molecule has 0 amide bonds. The second-order valence-electron chi connectivity index (χ2n) is 6.43. The highest BCUT2D eigenvalue weighted by molar-refractivity contribution is 6.13. The molecular weight excluding hydrogens is 359 g/mol. The van der Waals surface area contributed by atoms with Gasteiger partial charge in [-0.3, -0.25) is 4.99 Å². The Labute approximate surface area is 163 Å². The van der Waals surface area contributed by atoms with Gasteiger partial charge in [0.25, 0.3) is 0 Å². The van der Waals surface area contributed by atoms with Gasteiger partial charge in [-0.25, -0.2) is 4.39 Å². The Bertz CT molecular complexity index is 1030. The molecule has 4 rings (SSSR count). The van der Waals surface area contributed by atoms with Crippen LogP contribution < -0.4 is 14.2 Å². The van der Waals surface area contributed by atoms with Crippen molar-refractivity contribution >= 4 is 5.71 Å². The van der Waals surface area contributed by atoms with E-state index in [1.807, 2.05) is 30.5 Å². The monoisotopic (exact) mass is 380 g/mol. The SMILES string of the molecule is COc1cc(C2=NCCn3cc(-c4ccccc4F)cc32)cc(OC)c1OC. The van der Waals surface area contributed by atoms with Gasteiger partial charge < -0.3 is 18.8 Å². The lowest BCUT2D eigenvalue weighted by atomic mass is 10.0. The van der Waals surface area contributed by atoms with E-state index >= 15 is 0 Å². The number of halogens is 1. The first-order valence-corrected chi connectivity index (χ1v) is 8.96. The third kappa shape index (κ3) is 3.01. The summed E-state index contributed by atoms with van der Waals surface area (Å²) in [6, 6.07) is 12.5. The van der Waals surface area contributed by atoms with Gasteiger partial charge in [-0.05, 0) is 24.3 Å². The van der Waals surface area contributed by atoms with E-state index in [-0.39, 0.29) is 5.82 Å². The van der Waals surface area contributed by atoms with Crippen LogP contribution in [0.4, 0.5) is 4.39 Å². The molecule has 0 saturated carbocycles. The normalized spacial score (nSPS) is 12.9. The fourth-order valence-corrected chi connectivity index (χ4v) is 3.54. The quantitative estimate of drug-likeness (QED) is 0.667. The number of hydrogen-bond donors (Lipinski definition) is 0. The molecule has 0 aliphatic carbocycles. The molecule has 5 nitrogen and oxygen atoms in total. The van der Waals surface area contributed by atoms with Crippen LogP contribution >= 0.6 is 0 Å². The second kappa shape index (κ2) is 7.38.